The fourth-order valence-electron chi connectivity index (χ4n) is 2.81. The Kier molecular flexibility index (Phi) is 7.15. The smallest absolute Gasteiger partial charge is 0.246 e. The normalized spacial score (nSPS) is 15.4. The number of anilines is 1. The number of amides is 2. The van der Waals surface area contributed by atoms with E-state index in [0.717, 1.165) is 0 Å². The van der Waals surface area contributed by atoms with E-state index in [4.69, 9.17) is 9.47 Å². The van der Waals surface area contributed by atoms with Crippen LogP contribution in [0.2, 0.25) is 0 Å². The number of rotatable bonds is 7. The van der Waals surface area contributed by atoms with Crippen molar-refractivity contribution in [3.63, 3.8) is 0 Å². The molecule has 2 aromatic rings. The van der Waals surface area contributed by atoms with E-state index >= 15 is 0 Å². The second kappa shape index (κ2) is 9.99. The molecule has 0 aromatic heterocycles. The first-order chi connectivity index (χ1) is 14.0. The van der Waals surface area contributed by atoms with Crippen molar-refractivity contribution in [1.82, 2.24) is 10.2 Å². The van der Waals surface area contributed by atoms with Gasteiger partial charge in [0.25, 0.3) is 0 Å². The molecular weight excluding hydrogens is 377 g/mol. The predicted molar refractivity (Wildman–Crippen MR) is 106 cm³/mol. The highest BCUT2D eigenvalue weighted by molar-refractivity contribution is 5.97. The van der Waals surface area contributed by atoms with E-state index in [0.29, 0.717) is 43.5 Å². The van der Waals surface area contributed by atoms with Crippen LogP contribution in [0.5, 0.6) is 11.5 Å². The Labute approximate surface area is 168 Å². The van der Waals surface area contributed by atoms with Crippen LogP contribution in [0.3, 0.4) is 0 Å². The summed E-state index contributed by atoms with van der Waals surface area (Å²) in [7, 11) is 0. The quantitative estimate of drug-likeness (QED) is 0.745. The summed E-state index contributed by atoms with van der Waals surface area (Å²) in [6, 6.07) is 11.8. The Hall–Kier alpha value is -2.97. The van der Waals surface area contributed by atoms with Gasteiger partial charge in [-0.2, -0.15) is 0 Å². The third-order valence-electron chi connectivity index (χ3n) is 4.41. The van der Waals surface area contributed by atoms with Crippen LogP contribution in [0, 0.1) is 5.82 Å². The maximum atomic E-state index is 12.9. The molecular formula is C21H24FN3O4. The van der Waals surface area contributed by atoms with Crippen LogP contribution in [-0.4, -0.2) is 55.6 Å². The fourth-order valence-corrected chi connectivity index (χ4v) is 2.81. The molecule has 0 radical (unpaired) electrons. The van der Waals surface area contributed by atoms with Crippen LogP contribution < -0.4 is 15.4 Å². The fraction of sp³-hybridized carbons (Fsp3) is 0.333. The third-order valence-corrected chi connectivity index (χ3v) is 4.41. The number of halogens is 1. The summed E-state index contributed by atoms with van der Waals surface area (Å²) in [6.45, 7) is 4.53. The Morgan fingerprint density at radius 1 is 1.07 bits per heavy atom. The molecule has 1 saturated heterocycles. The van der Waals surface area contributed by atoms with Crippen molar-refractivity contribution in [1.29, 1.82) is 0 Å². The van der Waals surface area contributed by atoms with Crippen LogP contribution >= 0.6 is 0 Å². The lowest BCUT2D eigenvalue weighted by Gasteiger charge is -2.26. The number of hydrogen-bond acceptors (Lipinski definition) is 5. The molecule has 0 aliphatic carbocycles. The number of ether oxygens (including phenoxy) is 2. The number of carbonyl (C=O) groups is 2. The number of carbonyl (C=O) groups excluding carboxylic acids is 2. The summed E-state index contributed by atoms with van der Waals surface area (Å²) in [5, 5.41) is 5.46. The van der Waals surface area contributed by atoms with Gasteiger partial charge in [0.1, 0.15) is 23.4 Å². The standard InChI is InChI=1S/C21H24FN3O4/c1-15(23-20(26)14-25-10-12-28-13-11-25)21(27)24-17-4-8-19(9-5-17)29-18-6-2-16(22)3-7-18/h2-9,15H,10-14H2,1H3,(H,23,26)(H,24,27). The van der Waals surface area contributed by atoms with Gasteiger partial charge in [0.05, 0.1) is 19.8 Å². The molecule has 7 nitrogen and oxygen atoms in total. The zero-order chi connectivity index (χ0) is 20.6. The molecule has 1 atom stereocenters. The van der Waals surface area contributed by atoms with Gasteiger partial charge in [-0.25, -0.2) is 4.39 Å². The van der Waals surface area contributed by atoms with Crippen molar-refractivity contribution in [2.24, 2.45) is 0 Å². The van der Waals surface area contributed by atoms with Crippen molar-refractivity contribution < 1.29 is 23.5 Å². The van der Waals surface area contributed by atoms with Gasteiger partial charge in [-0.05, 0) is 55.5 Å². The minimum Gasteiger partial charge on any atom is -0.457 e. The first kappa shape index (κ1) is 20.8. The molecule has 2 amide bonds. The van der Waals surface area contributed by atoms with E-state index in [1.807, 2.05) is 4.90 Å². The average molecular weight is 401 g/mol. The van der Waals surface area contributed by atoms with Crippen molar-refractivity contribution in [3.8, 4) is 11.5 Å². The SMILES string of the molecule is CC(NC(=O)CN1CCOCC1)C(=O)Nc1ccc(Oc2ccc(F)cc2)cc1. The van der Waals surface area contributed by atoms with E-state index in [1.54, 1.807) is 31.2 Å². The minimum atomic E-state index is -0.668. The summed E-state index contributed by atoms with van der Waals surface area (Å²) in [5.74, 6) is 0.230. The molecule has 1 unspecified atom stereocenters. The molecule has 3 rings (SSSR count). The van der Waals surface area contributed by atoms with Gasteiger partial charge in [-0.3, -0.25) is 14.5 Å². The van der Waals surface area contributed by atoms with Gasteiger partial charge in [-0.1, -0.05) is 0 Å². The second-order valence-corrected chi connectivity index (χ2v) is 6.75. The first-order valence-corrected chi connectivity index (χ1v) is 9.43. The van der Waals surface area contributed by atoms with Gasteiger partial charge in [-0.15, -0.1) is 0 Å². The molecule has 8 heteroatoms. The first-order valence-electron chi connectivity index (χ1n) is 9.43. The lowest BCUT2D eigenvalue weighted by atomic mass is 10.2. The molecule has 1 aliphatic rings. The van der Waals surface area contributed by atoms with Gasteiger partial charge >= 0.3 is 0 Å². The molecule has 0 bridgehead atoms. The monoisotopic (exact) mass is 401 g/mol. The van der Waals surface area contributed by atoms with Crippen molar-refractivity contribution in [2.45, 2.75) is 13.0 Å². The second-order valence-electron chi connectivity index (χ2n) is 6.75. The van der Waals surface area contributed by atoms with Crippen molar-refractivity contribution in [2.75, 3.05) is 38.2 Å². The average Bonchev–Trinajstić information content (AvgIpc) is 2.71. The van der Waals surface area contributed by atoms with Gasteiger partial charge in [0.2, 0.25) is 11.8 Å². The maximum absolute atomic E-state index is 12.9. The molecule has 29 heavy (non-hydrogen) atoms. The van der Waals surface area contributed by atoms with E-state index in [2.05, 4.69) is 10.6 Å². The third kappa shape index (κ3) is 6.55. The molecule has 1 heterocycles. The highest BCUT2D eigenvalue weighted by Crippen LogP contribution is 2.23. The van der Waals surface area contributed by atoms with E-state index < -0.39 is 6.04 Å². The van der Waals surface area contributed by atoms with Crippen LogP contribution in [0.25, 0.3) is 0 Å². The Morgan fingerprint density at radius 3 is 2.28 bits per heavy atom. The summed E-state index contributed by atoms with van der Waals surface area (Å²) >= 11 is 0. The van der Waals surface area contributed by atoms with Crippen LogP contribution in [-0.2, 0) is 14.3 Å². The predicted octanol–water partition coefficient (Wildman–Crippen LogP) is 2.39. The number of benzene rings is 2. The Balaban J connectivity index is 1.46. The largest absolute Gasteiger partial charge is 0.457 e. The Bertz CT molecular complexity index is 821. The summed E-state index contributed by atoms with van der Waals surface area (Å²) in [6.07, 6.45) is 0. The van der Waals surface area contributed by atoms with Crippen molar-refractivity contribution >= 4 is 17.5 Å². The van der Waals surface area contributed by atoms with Gasteiger partial charge in [0, 0.05) is 18.8 Å². The lowest BCUT2D eigenvalue weighted by Crippen LogP contribution is -2.48. The zero-order valence-electron chi connectivity index (χ0n) is 16.2. The summed E-state index contributed by atoms with van der Waals surface area (Å²) < 4.78 is 23.8. The molecule has 2 N–H and O–H groups in total. The van der Waals surface area contributed by atoms with Crippen LogP contribution in [0.1, 0.15) is 6.92 Å². The number of nitrogens with zero attached hydrogens (tertiary/aromatic N) is 1. The van der Waals surface area contributed by atoms with Gasteiger partial charge < -0.3 is 20.1 Å². The van der Waals surface area contributed by atoms with E-state index in [1.165, 1.54) is 24.3 Å². The van der Waals surface area contributed by atoms with Gasteiger partial charge in [0.15, 0.2) is 0 Å². The Morgan fingerprint density at radius 2 is 1.66 bits per heavy atom. The zero-order valence-corrected chi connectivity index (χ0v) is 16.2. The molecule has 154 valence electrons. The van der Waals surface area contributed by atoms with E-state index in [9.17, 15) is 14.0 Å². The number of nitrogens with one attached hydrogen (secondary N) is 2. The topological polar surface area (TPSA) is 79.9 Å². The van der Waals surface area contributed by atoms with Crippen LogP contribution in [0.4, 0.5) is 10.1 Å². The number of hydrogen-bond donors (Lipinski definition) is 2. The van der Waals surface area contributed by atoms with Crippen molar-refractivity contribution in [3.05, 3.63) is 54.3 Å². The highest BCUT2D eigenvalue weighted by Gasteiger charge is 2.19. The van der Waals surface area contributed by atoms with Crippen LogP contribution in [0.15, 0.2) is 48.5 Å². The summed E-state index contributed by atoms with van der Waals surface area (Å²) in [5.41, 5.74) is 0.579. The maximum Gasteiger partial charge on any atom is 0.246 e. The summed E-state index contributed by atoms with van der Waals surface area (Å²) in [4.78, 5) is 26.4. The molecule has 0 saturated carbocycles. The molecule has 1 fully saturated rings. The van der Waals surface area contributed by atoms with E-state index in [-0.39, 0.29) is 24.2 Å². The molecule has 1 aliphatic heterocycles. The number of morpholine rings is 1. The minimum absolute atomic E-state index is 0.197. The highest BCUT2D eigenvalue weighted by atomic mass is 19.1. The molecule has 0 spiro atoms. The molecule has 2 aromatic carbocycles. The lowest BCUT2D eigenvalue weighted by molar-refractivity contribution is -0.127.